The average molecular weight is 286 g/mol. The van der Waals surface area contributed by atoms with Crippen molar-refractivity contribution >= 4 is 5.91 Å². The van der Waals surface area contributed by atoms with Gasteiger partial charge in [-0.3, -0.25) is 4.79 Å². The van der Waals surface area contributed by atoms with Crippen LogP contribution in [0, 0.1) is 11.3 Å². The van der Waals surface area contributed by atoms with Gasteiger partial charge in [0.2, 0.25) is 5.91 Å². The summed E-state index contributed by atoms with van der Waals surface area (Å²) in [5.41, 5.74) is 1.65. The van der Waals surface area contributed by atoms with Crippen LogP contribution in [-0.2, 0) is 4.79 Å². The van der Waals surface area contributed by atoms with Gasteiger partial charge < -0.3 is 10.2 Å². The maximum absolute atomic E-state index is 12.7. The number of hydrogen-bond acceptors (Lipinski definition) is 2. The third-order valence-electron chi connectivity index (χ3n) is 5.38. The second-order valence-electron chi connectivity index (χ2n) is 6.90. The van der Waals surface area contributed by atoms with Crippen molar-refractivity contribution in [2.24, 2.45) is 11.3 Å². The van der Waals surface area contributed by atoms with Gasteiger partial charge in [-0.2, -0.15) is 0 Å². The number of rotatable bonds is 4. The number of nitrogens with zero attached hydrogens (tertiary/aromatic N) is 1. The zero-order valence-corrected chi connectivity index (χ0v) is 13.1. The molecule has 2 unspecified atom stereocenters. The zero-order chi connectivity index (χ0) is 14.9. The van der Waals surface area contributed by atoms with E-state index in [0.29, 0.717) is 17.2 Å². The lowest BCUT2D eigenvalue weighted by Gasteiger charge is -2.26. The molecule has 1 saturated carbocycles. The number of hydrogen-bond donors (Lipinski definition) is 1. The summed E-state index contributed by atoms with van der Waals surface area (Å²) in [6.45, 7) is 5.17. The fourth-order valence-electron chi connectivity index (χ4n) is 3.83. The summed E-state index contributed by atoms with van der Waals surface area (Å²) in [5, 5.41) is 3.40. The number of amides is 1. The average Bonchev–Trinajstić information content (AvgIpc) is 3.21. The molecule has 1 amide bonds. The van der Waals surface area contributed by atoms with Crippen molar-refractivity contribution < 1.29 is 4.79 Å². The Labute approximate surface area is 127 Å². The zero-order valence-electron chi connectivity index (χ0n) is 13.1. The molecule has 2 fully saturated rings. The van der Waals surface area contributed by atoms with Crippen molar-refractivity contribution in [3.05, 3.63) is 35.9 Å². The summed E-state index contributed by atoms with van der Waals surface area (Å²) in [7, 11) is 1.97. The van der Waals surface area contributed by atoms with E-state index in [0.717, 1.165) is 26.1 Å². The first-order valence-electron chi connectivity index (χ1n) is 8.13. The van der Waals surface area contributed by atoms with Crippen LogP contribution in [0.15, 0.2) is 30.3 Å². The molecule has 1 aromatic carbocycles. The predicted molar refractivity (Wildman–Crippen MR) is 85.1 cm³/mol. The smallest absolute Gasteiger partial charge is 0.226 e. The molecule has 0 bridgehead atoms. The second-order valence-corrected chi connectivity index (χ2v) is 6.90. The van der Waals surface area contributed by atoms with Gasteiger partial charge >= 0.3 is 0 Å². The minimum Gasteiger partial charge on any atom is -0.345 e. The van der Waals surface area contributed by atoms with E-state index in [9.17, 15) is 4.79 Å². The monoisotopic (exact) mass is 286 g/mol. The molecule has 1 N–H and O–H groups in total. The summed E-state index contributed by atoms with van der Waals surface area (Å²) < 4.78 is 0. The number of benzene rings is 1. The van der Waals surface area contributed by atoms with E-state index < -0.39 is 0 Å². The fourth-order valence-corrected chi connectivity index (χ4v) is 3.83. The molecule has 3 heteroatoms. The summed E-state index contributed by atoms with van der Waals surface area (Å²) >= 11 is 0. The van der Waals surface area contributed by atoms with Crippen molar-refractivity contribution in [3.8, 4) is 0 Å². The molecule has 0 radical (unpaired) electrons. The van der Waals surface area contributed by atoms with E-state index in [4.69, 9.17) is 0 Å². The van der Waals surface area contributed by atoms with Crippen LogP contribution in [0.2, 0.25) is 0 Å². The Morgan fingerprint density at radius 2 is 2.00 bits per heavy atom. The van der Waals surface area contributed by atoms with Crippen LogP contribution in [0.25, 0.3) is 0 Å². The normalized spacial score (nSPS) is 24.6. The first-order valence-corrected chi connectivity index (χ1v) is 8.13. The van der Waals surface area contributed by atoms with Crippen molar-refractivity contribution in [1.82, 2.24) is 10.2 Å². The van der Waals surface area contributed by atoms with Gasteiger partial charge in [0.05, 0.1) is 0 Å². The highest BCUT2D eigenvalue weighted by Gasteiger charge is 2.58. The molecule has 3 nitrogen and oxygen atoms in total. The van der Waals surface area contributed by atoms with Gasteiger partial charge in [0.1, 0.15) is 0 Å². The predicted octanol–water partition coefficient (Wildman–Crippen LogP) is 2.64. The van der Waals surface area contributed by atoms with Crippen LogP contribution in [-0.4, -0.2) is 37.5 Å². The van der Waals surface area contributed by atoms with Crippen LogP contribution in [0.4, 0.5) is 0 Å². The molecular formula is C18H26N2O. The Balaban J connectivity index is 1.56. The lowest BCUT2D eigenvalue weighted by Crippen LogP contribution is -2.36. The molecule has 21 heavy (non-hydrogen) atoms. The largest absolute Gasteiger partial charge is 0.345 e. The fraction of sp³-hybridized carbons (Fsp3) is 0.611. The Morgan fingerprint density at radius 3 is 2.67 bits per heavy atom. The lowest BCUT2D eigenvalue weighted by atomic mass is 9.91. The molecule has 1 aromatic rings. The molecule has 1 aliphatic heterocycles. The quantitative estimate of drug-likeness (QED) is 0.923. The van der Waals surface area contributed by atoms with Crippen LogP contribution in [0.3, 0.4) is 0 Å². The molecule has 114 valence electrons. The standard InChI is InChI=1S/C18H26N2O/c1-14(15-6-4-3-5-7-15)13-20(2)17(21)16-12-18(16)8-10-19-11-9-18/h3-7,14,16,19H,8-13H2,1-2H3. The highest BCUT2D eigenvalue weighted by molar-refractivity contribution is 5.82. The Kier molecular flexibility index (Phi) is 4.03. The van der Waals surface area contributed by atoms with Gasteiger partial charge in [-0.25, -0.2) is 0 Å². The molecule has 2 atom stereocenters. The van der Waals surface area contributed by atoms with Crippen molar-refractivity contribution in [3.63, 3.8) is 0 Å². The van der Waals surface area contributed by atoms with Gasteiger partial charge in [-0.15, -0.1) is 0 Å². The molecule has 3 rings (SSSR count). The number of likely N-dealkylation sites (N-methyl/N-ethyl adjacent to an activating group) is 1. The van der Waals surface area contributed by atoms with Crippen LogP contribution < -0.4 is 5.32 Å². The Morgan fingerprint density at radius 1 is 1.33 bits per heavy atom. The number of carbonyl (C=O) groups excluding carboxylic acids is 1. The molecule has 1 heterocycles. The molecule has 1 aliphatic carbocycles. The SMILES string of the molecule is CC(CN(C)C(=O)C1CC12CCNCC2)c1ccccc1. The van der Waals surface area contributed by atoms with Gasteiger partial charge in [-0.1, -0.05) is 37.3 Å². The van der Waals surface area contributed by atoms with E-state index in [2.05, 4.69) is 36.5 Å². The van der Waals surface area contributed by atoms with Crippen LogP contribution >= 0.6 is 0 Å². The van der Waals surface area contributed by atoms with Gasteiger partial charge in [0, 0.05) is 19.5 Å². The second kappa shape index (κ2) is 5.80. The van der Waals surface area contributed by atoms with Crippen molar-refractivity contribution in [2.45, 2.75) is 32.1 Å². The van der Waals surface area contributed by atoms with Gasteiger partial charge in [-0.05, 0) is 49.2 Å². The third-order valence-corrected chi connectivity index (χ3v) is 5.38. The first-order chi connectivity index (χ1) is 10.1. The number of nitrogens with one attached hydrogen (secondary N) is 1. The number of carbonyl (C=O) groups is 1. The van der Waals surface area contributed by atoms with Crippen molar-refractivity contribution in [1.29, 1.82) is 0 Å². The molecule has 0 aromatic heterocycles. The molecule has 1 saturated heterocycles. The summed E-state index contributed by atoms with van der Waals surface area (Å²) in [6.07, 6.45) is 3.45. The first kappa shape index (κ1) is 14.6. The molecule has 1 spiro atoms. The third kappa shape index (κ3) is 2.98. The van der Waals surface area contributed by atoms with E-state index in [-0.39, 0.29) is 5.92 Å². The van der Waals surface area contributed by atoms with Gasteiger partial charge in [0.15, 0.2) is 0 Å². The lowest BCUT2D eigenvalue weighted by molar-refractivity contribution is -0.132. The summed E-state index contributed by atoms with van der Waals surface area (Å²) in [4.78, 5) is 14.6. The topological polar surface area (TPSA) is 32.3 Å². The number of piperidine rings is 1. The minimum atomic E-state index is 0.285. The van der Waals surface area contributed by atoms with Crippen LogP contribution in [0.5, 0.6) is 0 Å². The van der Waals surface area contributed by atoms with Gasteiger partial charge in [0.25, 0.3) is 0 Å². The minimum absolute atomic E-state index is 0.285. The molecule has 2 aliphatic rings. The van der Waals surface area contributed by atoms with E-state index in [1.54, 1.807) is 0 Å². The summed E-state index contributed by atoms with van der Waals surface area (Å²) in [6, 6.07) is 10.5. The summed E-state index contributed by atoms with van der Waals surface area (Å²) in [5.74, 6) is 1.04. The van der Waals surface area contributed by atoms with Crippen LogP contribution in [0.1, 0.15) is 37.7 Å². The Bertz CT molecular complexity index is 493. The Hall–Kier alpha value is -1.35. The maximum Gasteiger partial charge on any atom is 0.226 e. The van der Waals surface area contributed by atoms with E-state index >= 15 is 0 Å². The van der Waals surface area contributed by atoms with E-state index in [1.165, 1.54) is 18.4 Å². The molecular weight excluding hydrogens is 260 g/mol. The highest BCUT2D eigenvalue weighted by Crippen LogP contribution is 2.59. The maximum atomic E-state index is 12.7. The van der Waals surface area contributed by atoms with E-state index in [1.807, 2.05) is 18.0 Å². The highest BCUT2D eigenvalue weighted by atomic mass is 16.2. The van der Waals surface area contributed by atoms with Crippen molar-refractivity contribution in [2.75, 3.05) is 26.7 Å².